The molecule has 2 aliphatic rings. The van der Waals surface area contributed by atoms with Gasteiger partial charge in [-0.15, -0.1) is 0 Å². The normalized spacial score (nSPS) is 17.6. The number of hydrogen-bond donors (Lipinski definition) is 2. The molecule has 1 atom stereocenters. The summed E-state index contributed by atoms with van der Waals surface area (Å²) in [6, 6.07) is 8.69. The molecule has 1 saturated carbocycles. The molecular formula is C29H38N8O3S. The molecule has 1 aliphatic heterocycles. The minimum Gasteiger partial charge on any atom is -0.371 e. The van der Waals surface area contributed by atoms with Gasteiger partial charge in [-0.25, -0.2) is 12.7 Å². The zero-order valence-corrected chi connectivity index (χ0v) is 25.1. The number of carbonyl (C=O) groups is 1. The number of fused-ring (bicyclic) bond motifs is 2. The zero-order valence-electron chi connectivity index (χ0n) is 24.3. The summed E-state index contributed by atoms with van der Waals surface area (Å²) in [5, 5.41) is 16.8. The van der Waals surface area contributed by atoms with Crippen molar-refractivity contribution in [3.63, 3.8) is 0 Å². The highest BCUT2D eigenvalue weighted by Crippen LogP contribution is 2.34. The second-order valence-electron chi connectivity index (χ2n) is 11.6. The molecule has 2 aromatic heterocycles. The van der Waals surface area contributed by atoms with Crippen molar-refractivity contribution in [2.24, 2.45) is 14.1 Å². The van der Waals surface area contributed by atoms with E-state index >= 15 is 0 Å². The monoisotopic (exact) mass is 578 g/mol. The molecule has 4 aromatic rings. The number of hydrogen-bond acceptors (Lipinski definition) is 7. The van der Waals surface area contributed by atoms with Crippen molar-refractivity contribution in [3.8, 4) is 0 Å². The molecule has 6 rings (SSSR count). The number of aryl methyl sites for hydroxylation is 2. The van der Waals surface area contributed by atoms with E-state index in [0.717, 1.165) is 42.4 Å². The van der Waals surface area contributed by atoms with Crippen LogP contribution in [0.3, 0.4) is 0 Å². The van der Waals surface area contributed by atoms with Gasteiger partial charge in [-0.2, -0.15) is 10.2 Å². The second kappa shape index (κ2) is 10.4. The van der Waals surface area contributed by atoms with Crippen molar-refractivity contribution in [1.82, 2.24) is 29.2 Å². The third-order valence-electron chi connectivity index (χ3n) is 8.30. The smallest absolute Gasteiger partial charge is 0.257 e. The van der Waals surface area contributed by atoms with Gasteiger partial charge in [0.1, 0.15) is 5.52 Å². The lowest BCUT2D eigenvalue weighted by atomic mass is 10.0. The largest absolute Gasteiger partial charge is 0.371 e. The molecule has 218 valence electrons. The lowest BCUT2D eigenvalue weighted by molar-refractivity contribution is 0.102. The Morgan fingerprint density at radius 1 is 0.976 bits per heavy atom. The minimum atomic E-state index is -3.61. The van der Waals surface area contributed by atoms with Crippen molar-refractivity contribution < 1.29 is 13.2 Å². The highest BCUT2D eigenvalue weighted by molar-refractivity contribution is 7.89. The van der Waals surface area contributed by atoms with E-state index in [1.807, 2.05) is 37.6 Å². The van der Waals surface area contributed by atoms with Gasteiger partial charge in [0.25, 0.3) is 5.91 Å². The molecule has 1 aliphatic carbocycles. The standard InChI is InChI=1S/C29H38N8O3S/c1-18(41(39,40)34(2)3)24-15-22(14-19-16-35(4)32-27(19)24)31-29(38)23-8-9-26(25-17-36(5)33-28(23)25)37-12-10-21(11-13-37)30-20-6-7-20/h8-9,14-18,20-21,30H,6-7,10-13H2,1-5H3,(H,31,38). The summed E-state index contributed by atoms with van der Waals surface area (Å²) < 4.78 is 30.6. The number of nitrogens with one attached hydrogen (secondary N) is 2. The molecular weight excluding hydrogens is 540 g/mol. The summed E-state index contributed by atoms with van der Waals surface area (Å²) in [7, 11) is 3.08. The van der Waals surface area contributed by atoms with Crippen LogP contribution >= 0.6 is 0 Å². The van der Waals surface area contributed by atoms with Gasteiger partial charge in [-0.05, 0) is 56.9 Å². The van der Waals surface area contributed by atoms with Crippen LogP contribution in [0.15, 0.2) is 36.7 Å². The van der Waals surface area contributed by atoms with Crippen molar-refractivity contribution in [2.75, 3.05) is 37.4 Å². The molecule has 1 unspecified atom stereocenters. The first-order valence-corrected chi connectivity index (χ1v) is 15.7. The molecule has 1 saturated heterocycles. The van der Waals surface area contributed by atoms with Gasteiger partial charge < -0.3 is 15.5 Å². The fourth-order valence-corrected chi connectivity index (χ4v) is 7.01. The van der Waals surface area contributed by atoms with E-state index in [2.05, 4.69) is 25.7 Å². The van der Waals surface area contributed by atoms with E-state index in [9.17, 15) is 13.2 Å². The van der Waals surface area contributed by atoms with Crippen LogP contribution in [0, 0.1) is 0 Å². The van der Waals surface area contributed by atoms with E-state index in [1.165, 1.54) is 31.2 Å². The van der Waals surface area contributed by atoms with Crippen LogP contribution in [0.5, 0.6) is 0 Å². The summed E-state index contributed by atoms with van der Waals surface area (Å²) in [4.78, 5) is 16.1. The Balaban J connectivity index is 1.29. The Hall–Kier alpha value is -3.48. The first kappa shape index (κ1) is 27.7. The number of sulfonamides is 1. The first-order chi connectivity index (χ1) is 19.5. The van der Waals surface area contributed by atoms with Crippen molar-refractivity contribution in [1.29, 1.82) is 0 Å². The van der Waals surface area contributed by atoms with Gasteiger partial charge >= 0.3 is 0 Å². The number of nitrogens with zero attached hydrogens (tertiary/aromatic N) is 6. The molecule has 2 aromatic carbocycles. The van der Waals surface area contributed by atoms with Crippen LogP contribution in [0.4, 0.5) is 11.4 Å². The van der Waals surface area contributed by atoms with Gasteiger partial charge in [-0.3, -0.25) is 14.2 Å². The predicted molar refractivity (Wildman–Crippen MR) is 162 cm³/mol. The van der Waals surface area contributed by atoms with E-state index in [0.29, 0.717) is 39.9 Å². The second-order valence-corrected chi connectivity index (χ2v) is 14.1. The number of piperidine rings is 1. The van der Waals surface area contributed by atoms with Crippen molar-refractivity contribution in [2.45, 2.75) is 49.9 Å². The third kappa shape index (κ3) is 5.31. The van der Waals surface area contributed by atoms with E-state index in [1.54, 1.807) is 29.4 Å². The maximum atomic E-state index is 13.7. The fourth-order valence-electron chi connectivity index (χ4n) is 5.87. The Morgan fingerprint density at radius 3 is 2.32 bits per heavy atom. The summed E-state index contributed by atoms with van der Waals surface area (Å²) in [5.74, 6) is -0.301. The van der Waals surface area contributed by atoms with Crippen LogP contribution in [-0.4, -0.2) is 77.5 Å². The third-order valence-corrected chi connectivity index (χ3v) is 10.5. The number of carbonyl (C=O) groups excluding carboxylic acids is 1. The maximum Gasteiger partial charge on any atom is 0.257 e. The number of aromatic nitrogens is 4. The Bertz CT molecular complexity index is 1730. The average molecular weight is 579 g/mol. The van der Waals surface area contributed by atoms with E-state index < -0.39 is 15.3 Å². The predicted octanol–water partition coefficient (Wildman–Crippen LogP) is 3.39. The van der Waals surface area contributed by atoms with Gasteiger partial charge in [0.15, 0.2) is 0 Å². The quantitative estimate of drug-likeness (QED) is 0.329. The fraction of sp³-hybridized carbons (Fsp3) is 0.483. The van der Waals surface area contributed by atoms with Crippen LogP contribution in [-0.2, 0) is 24.1 Å². The Morgan fingerprint density at radius 2 is 1.63 bits per heavy atom. The van der Waals surface area contributed by atoms with Crippen LogP contribution in [0.2, 0.25) is 0 Å². The maximum absolute atomic E-state index is 13.7. The average Bonchev–Trinajstić information content (AvgIpc) is 3.53. The highest BCUT2D eigenvalue weighted by atomic mass is 32.2. The Kier molecular flexibility index (Phi) is 7.03. The molecule has 0 spiro atoms. The molecule has 0 radical (unpaired) electrons. The summed E-state index contributed by atoms with van der Waals surface area (Å²) in [5.41, 5.74) is 3.84. The number of benzene rings is 2. The lowest BCUT2D eigenvalue weighted by Crippen LogP contribution is -2.43. The molecule has 2 N–H and O–H groups in total. The summed E-state index contributed by atoms with van der Waals surface area (Å²) in [6.45, 7) is 3.56. The van der Waals surface area contributed by atoms with Crippen LogP contribution < -0.4 is 15.5 Å². The highest BCUT2D eigenvalue weighted by Gasteiger charge is 2.30. The molecule has 1 amide bonds. The SMILES string of the molecule is CC(c1cc(NC(=O)c2ccc(N3CCC(NC4CC4)CC3)c3cn(C)nc23)cc2cn(C)nc12)S(=O)(=O)N(C)C. The van der Waals surface area contributed by atoms with Gasteiger partial charge in [-0.1, -0.05) is 0 Å². The van der Waals surface area contributed by atoms with Crippen LogP contribution in [0.25, 0.3) is 21.8 Å². The molecule has 3 heterocycles. The van der Waals surface area contributed by atoms with Crippen molar-refractivity contribution in [3.05, 3.63) is 47.8 Å². The molecule has 12 heteroatoms. The lowest BCUT2D eigenvalue weighted by Gasteiger charge is -2.34. The topological polar surface area (TPSA) is 117 Å². The molecule has 2 fully saturated rings. The Labute approximate surface area is 240 Å². The number of anilines is 2. The van der Waals surface area contributed by atoms with E-state index in [-0.39, 0.29) is 5.91 Å². The van der Waals surface area contributed by atoms with Gasteiger partial charge in [0.05, 0.1) is 16.3 Å². The summed E-state index contributed by atoms with van der Waals surface area (Å²) in [6.07, 6.45) is 8.59. The summed E-state index contributed by atoms with van der Waals surface area (Å²) >= 11 is 0. The van der Waals surface area contributed by atoms with Gasteiger partial charge in [0, 0.05) is 93.5 Å². The van der Waals surface area contributed by atoms with Gasteiger partial charge in [0.2, 0.25) is 10.0 Å². The van der Waals surface area contributed by atoms with Crippen molar-refractivity contribution >= 4 is 49.1 Å². The molecule has 0 bridgehead atoms. The zero-order chi connectivity index (χ0) is 29.1. The molecule has 41 heavy (non-hydrogen) atoms. The minimum absolute atomic E-state index is 0.301. The number of rotatable bonds is 8. The van der Waals surface area contributed by atoms with E-state index in [4.69, 9.17) is 0 Å². The van der Waals surface area contributed by atoms with Crippen LogP contribution in [0.1, 0.15) is 53.8 Å². The number of amides is 1. The molecule has 11 nitrogen and oxygen atoms in total. The first-order valence-electron chi connectivity index (χ1n) is 14.2.